The van der Waals surface area contributed by atoms with Gasteiger partial charge < -0.3 is 14.4 Å². The Morgan fingerprint density at radius 1 is 1.12 bits per heavy atom. The highest BCUT2D eigenvalue weighted by Gasteiger charge is 2.09. The number of hydrogen-bond acceptors (Lipinski definition) is 4. The first-order valence-corrected chi connectivity index (χ1v) is 8.72. The van der Waals surface area contributed by atoms with Crippen LogP contribution in [0.5, 0.6) is 11.5 Å². The van der Waals surface area contributed by atoms with E-state index in [1.54, 1.807) is 6.21 Å². The second-order valence-electron chi connectivity index (χ2n) is 5.94. The van der Waals surface area contributed by atoms with Crippen LogP contribution in [0.3, 0.4) is 0 Å². The minimum atomic E-state index is 0.585. The van der Waals surface area contributed by atoms with Crippen molar-refractivity contribution in [2.45, 2.75) is 13.8 Å². The highest BCUT2D eigenvalue weighted by molar-refractivity contribution is 6.31. The summed E-state index contributed by atoms with van der Waals surface area (Å²) >= 11 is 6.08. The Labute approximate surface area is 155 Å². The van der Waals surface area contributed by atoms with Gasteiger partial charge in [-0.25, -0.2) is 0 Å². The van der Waals surface area contributed by atoms with Crippen LogP contribution in [0.2, 0.25) is 5.02 Å². The molecule has 2 aromatic rings. The van der Waals surface area contributed by atoms with Crippen LogP contribution in [0.25, 0.3) is 0 Å². The summed E-state index contributed by atoms with van der Waals surface area (Å²) < 4.78 is 11.7. The molecule has 0 heterocycles. The first kappa shape index (κ1) is 19.3. The van der Waals surface area contributed by atoms with E-state index in [4.69, 9.17) is 21.1 Å². The third kappa shape index (κ3) is 5.76. The molecule has 0 bridgehead atoms. The van der Waals surface area contributed by atoms with Gasteiger partial charge in [0, 0.05) is 17.8 Å². The van der Waals surface area contributed by atoms with Gasteiger partial charge in [0.25, 0.3) is 0 Å². The molecule has 0 aliphatic carbocycles. The normalized spacial score (nSPS) is 11.3. The van der Waals surface area contributed by atoms with E-state index in [0.717, 1.165) is 39.9 Å². The lowest BCUT2D eigenvalue weighted by Gasteiger charge is -2.15. The molecular formula is C20H25ClN2O2. The Hall–Kier alpha value is -2.04. The van der Waals surface area contributed by atoms with Crippen molar-refractivity contribution in [2.75, 3.05) is 33.9 Å². The number of aliphatic imine (C=N–C) groups is 1. The molecule has 134 valence electrons. The molecule has 0 aliphatic rings. The predicted octanol–water partition coefficient (Wildman–Crippen LogP) is 4.74. The molecule has 0 amide bonds. The van der Waals surface area contributed by atoms with Crippen LogP contribution >= 0.6 is 11.6 Å². The zero-order chi connectivity index (χ0) is 18.2. The lowest BCUT2D eigenvalue weighted by atomic mass is 10.2. The number of hydrogen-bond donors (Lipinski definition) is 0. The topological polar surface area (TPSA) is 34.1 Å². The van der Waals surface area contributed by atoms with Crippen molar-refractivity contribution in [3.8, 4) is 11.5 Å². The molecule has 4 nitrogen and oxygen atoms in total. The lowest BCUT2D eigenvalue weighted by Crippen LogP contribution is -2.19. The van der Waals surface area contributed by atoms with E-state index < -0.39 is 0 Å². The maximum Gasteiger partial charge on any atom is 0.131 e. The molecule has 2 rings (SSSR count). The summed E-state index contributed by atoms with van der Waals surface area (Å²) in [6.45, 7) is 5.95. The van der Waals surface area contributed by atoms with Crippen LogP contribution in [-0.4, -0.2) is 45.0 Å². The number of nitrogens with zero attached hydrogens (tertiary/aromatic N) is 2. The highest BCUT2D eigenvalue weighted by Crippen LogP contribution is 2.28. The minimum Gasteiger partial charge on any atom is -0.493 e. The molecule has 0 N–H and O–H groups in total. The van der Waals surface area contributed by atoms with Crippen molar-refractivity contribution in [3.05, 3.63) is 52.5 Å². The van der Waals surface area contributed by atoms with Gasteiger partial charge in [-0.1, -0.05) is 17.7 Å². The fraction of sp³-hybridized carbons (Fsp3) is 0.350. The molecule has 0 unspecified atom stereocenters. The Balaban J connectivity index is 2.28. The lowest BCUT2D eigenvalue weighted by molar-refractivity contribution is 0.259. The largest absolute Gasteiger partial charge is 0.493 e. The van der Waals surface area contributed by atoms with E-state index in [2.05, 4.69) is 9.89 Å². The van der Waals surface area contributed by atoms with Gasteiger partial charge in [-0.05, 0) is 63.8 Å². The third-order valence-electron chi connectivity index (χ3n) is 3.61. The fourth-order valence-electron chi connectivity index (χ4n) is 2.24. The highest BCUT2D eigenvalue weighted by atomic mass is 35.5. The summed E-state index contributed by atoms with van der Waals surface area (Å²) in [5.41, 5.74) is 2.68. The average molecular weight is 361 g/mol. The monoisotopic (exact) mass is 360 g/mol. The Kier molecular flexibility index (Phi) is 7.29. The maximum atomic E-state index is 6.08. The standard InChI is InChI=1S/C20H25ClN2O2/c1-5-24-19-7-6-8-20(25-12-11-23(3)4)17(19)14-22-16-9-10-18(21)15(2)13-16/h6-10,13-14H,5,11-12H2,1-4H3. The van der Waals surface area contributed by atoms with Crippen molar-refractivity contribution < 1.29 is 9.47 Å². The van der Waals surface area contributed by atoms with Gasteiger partial charge in [-0.15, -0.1) is 0 Å². The van der Waals surface area contributed by atoms with Crippen LogP contribution in [0.15, 0.2) is 41.4 Å². The molecular weight excluding hydrogens is 336 g/mol. The molecule has 0 radical (unpaired) electrons. The number of ether oxygens (including phenoxy) is 2. The van der Waals surface area contributed by atoms with Gasteiger partial charge in [0.2, 0.25) is 0 Å². The van der Waals surface area contributed by atoms with Crippen molar-refractivity contribution in [2.24, 2.45) is 4.99 Å². The number of likely N-dealkylation sites (N-methyl/N-ethyl adjacent to an activating group) is 1. The molecule has 0 aromatic heterocycles. The van der Waals surface area contributed by atoms with Crippen molar-refractivity contribution in [3.63, 3.8) is 0 Å². The predicted molar refractivity (Wildman–Crippen MR) is 105 cm³/mol. The van der Waals surface area contributed by atoms with E-state index in [0.29, 0.717) is 13.2 Å². The molecule has 0 aliphatic heterocycles. The zero-order valence-corrected chi connectivity index (χ0v) is 16.0. The van der Waals surface area contributed by atoms with Crippen molar-refractivity contribution in [1.29, 1.82) is 0 Å². The number of rotatable bonds is 8. The first-order valence-electron chi connectivity index (χ1n) is 8.34. The average Bonchev–Trinajstić information content (AvgIpc) is 2.57. The van der Waals surface area contributed by atoms with Crippen LogP contribution in [0.4, 0.5) is 5.69 Å². The van der Waals surface area contributed by atoms with Gasteiger partial charge in [0.05, 0.1) is 17.9 Å². The van der Waals surface area contributed by atoms with E-state index in [1.165, 1.54) is 0 Å². The Morgan fingerprint density at radius 3 is 2.48 bits per heavy atom. The Bertz CT molecular complexity index is 730. The van der Waals surface area contributed by atoms with Crippen molar-refractivity contribution in [1.82, 2.24) is 4.90 Å². The van der Waals surface area contributed by atoms with Gasteiger partial charge >= 0.3 is 0 Å². The molecule has 0 atom stereocenters. The van der Waals surface area contributed by atoms with Gasteiger partial charge in [-0.3, -0.25) is 4.99 Å². The molecule has 0 saturated heterocycles. The summed E-state index contributed by atoms with van der Waals surface area (Å²) in [5, 5.41) is 0.737. The van der Waals surface area contributed by atoms with Crippen LogP contribution in [-0.2, 0) is 0 Å². The minimum absolute atomic E-state index is 0.585. The molecule has 0 spiro atoms. The van der Waals surface area contributed by atoms with Crippen LogP contribution < -0.4 is 9.47 Å². The van der Waals surface area contributed by atoms with E-state index >= 15 is 0 Å². The zero-order valence-electron chi connectivity index (χ0n) is 15.3. The Morgan fingerprint density at radius 2 is 1.84 bits per heavy atom. The number of aryl methyl sites for hydroxylation is 1. The van der Waals surface area contributed by atoms with Crippen molar-refractivity contribution >= 4 is 23.5 Å². The van der Waals surface area contributed by atoms with Gasteiger partial charge in [0.15, 0.2) is 0 Å². The molecule has 0 fully saturated rings. The van der Waals surface area contributed by atoms with E-state index in [1.807, 2.05) is 64.3 Å². The third-order valence-corrected chi connectivity index (χ3v) is 4.03. The summed E-state index contributed by atoms with van der Waals surface area (Å²) in [4.78, 5) is 6.65. The molecule has 25 heavy (non-hydrogen) atoms. The van der Waals surface area contributed by atoms with Gasteiger partial charge in [-0.2, -0.15) is 0 Å². The summed E-state index contributed by atoms with van der Waals surface area (Å²) in [5.74, 6) is 1.53. The number of halogens is 1. The first-order chi connectivity index (χ1) is 12.0. The molecule has 0 saturated carbocycles. The summed E-state index contributed by atoms with van der Waals surface area (Å²) in [6.07, 6.45) is 1.79. The second kappa shape index (κ2) is 9.44. The fourth-order valence-corrected chi connectivity index (χ4v) is 2.36. The summed E-state index contributed by atoms with van der Waals surface area (Å²) in [7, 11) is 4.04. The molecule has 2 aromatic carbocycles. The van der Waals surface area contributed by atoms with Crippen LogP contribution in [0.1, 0.15) is 18.1 Å². The maximum absolute atomic E-state index is 6.08. The quantitative estimate of drug-likeness (QED) is 0.638. The summed E-state index contributed by atoms with van der Waals surface area (Å²) in [6, 6.07) is 11.5. The smallest absolute Gasteiger partial charge is 0.131 e. The molecule has 5 heteroatoms. The van der Waals surface area contributed by atoms with E-state index in [9.17, 15) is 0 Å². The number of benzene rings is 2. The van der Waals surface area contributed by atoms with E-state index in [-0.39, 0.29) is 0 Å². The second-order valence-corrected chi connectivity index (χ2v) is 6.35. The SMILES string of the molecule is CCOc1cccc(OCCN(C)C)c1C=Nc1ccc(Cl)c(C)c1. The van der Waals surface area contributed by atoms with Gasteiger partial charge in [0.1, 0.15) is 18.1 Å². The van der Waals surface area contributed by atoms with Crippen LogP contribution in [0, 0.1) is 6.92 Å².